The molecule has 3 atom stereocenters. The van der Waals surface area contributed by atoms with Crippen molar-refractivity contribution in [1.29, 1.82) is 0 Å². The minimum Gasteiger partial charge on any atom is -0.508 e. The minimum atomic E-state index is -0.872. The number of aromatic hydroxyl groups is 1. The third kappa shape index (κ3) is 2.83. The van der Waals surface area contributed by atoms with Gasteiger partial charge < -0.3 is 25.1 Å². The summed E-state index contributed by atoms with van der Waals surface area (Å²) >= 11 is 0.987. The summed E-state index contributed by atoms with van der Waals surface area (Å²) in [5.74, 6) is -2.35. The molecule has 3 heterocycles. The van der Waals surface area contributed by atoms with Crippen LogP contribution in [0.25, 0.3) is 0 Å². The number of ether oxygens (including phenoxy) is 3. The summed E-state index contributed by atoms with van der Waals surface area (Å²) < 4.78 is 15.9. The number of benzene rings is 2. The van der Waals surface area contributed by atoms with Crippen LogP contribution in [-0.4, -0.2) is 42.4 Å². The van der Waals surface area contributed by atoms with Crippen molar-refractivity contribution in [3.63, 3.8) is 0 Å². The quantitative estimate of drug-likeness (QED) is 0.406. The monoisotopic (exact) mass is 454 g/mol. The van der Waals surface area contributed by atoms with Gasteiger partial charge in [-0.1, -0.05) is 17.8 Å². The Hall–Kier alpha value is -3.66. The molecule has 0 aliphatic carbocycles. The van der Waals surface area contributed by atoms with Gasteiger partial charge in [0.15, 0.2) is 0 Å². The van der Waals surface area contributed by atoms with Crippen molar-refractivity contribution >= 4 is 35.2 Å². The maximum Gasteiger partial charge on any atom is 0.342 e. The zero-order valence-corrected chi connectivity index (χ0v) is 17.8. The van der Waals surface area contributed by atoms with Crippen molar-refractivity contribution in [3.05, 3.63) is 52.6 Å². The molecule has 10 heteroatoms. The number of methoxy groups -OCH3 is 2. The van der Waals surface area contributed by atoms with E-state index in [1.807, 2.05) is 0 Å². The van der Waals surface area contributed by atoms with Gasteiger partial charge >= 0.3 is 5.97 Å². The van der Waals surface area contributed by atoms with Crippen molar-refractivity contribution < 1.29 is 33.7 Å². The first-order valence-electron chi connectivity index (χ1n) is 9.66. The summed E-state index contributed by atoms with van der Waals surface area (Å²) in [7, 11) is 2.94. The van der Waals surface area contributed by atoms with Crippen LogP contribution in [0.1, 0.15) is 11.5 Å². The maximum atomic E-state index is 13.6. The van der Waals surface area contributed by atoms with Crippen LogP contribution < -0.4 is 24.8 Å². The van der Waals surface area contributed by atoms with E-state index in [9.17, 15) is 19.5 Å². The largest absolute Gasteiger partial charge is 0.508 e. The molecule has 9 nitrogen and oxygen atoms in total. The summed E-state index contributed by atoms with van der Waals surface area (Å²) in [6, 6.07) is 9.10. The molecule has 2 aromatic carbocycles. The number of nitrogens with zero attached hydrogens (tertiary/aromatic N) is 1. The van der Waals surface area contributed by atoms with Crippen LogP contribution in [0, 0.1) is 5.92 Å². The van der Waals surface area contributed by atoms with Crippen molar-refractivity contribution in [1.82, 2.24) is 0 Å². The lowest BCUT2D eigenvalue weighted by Crippen LogP contribution is -2.39. The van der Waals surface area contributed by atoms with Crippen molar-refractivity contribution in [3.8, 4) is 23.0 Å². The van der Waals surface area contributed by atoms with Crippen LogP contribution in [-0.2, 0) is 14.4 Å². The number of esters is 1. The van der Waals surface area contributed by atoms with Gasteiger partial charge in [0, 0.05) is 35.7 Å². The SMILES string of the molecule is COc1cc(OC)cc(N2C(=O)[C@@H]3[C@H](SC(N)=C4C(=O)Oc5cc(O)ccc5[C@@H]43)C2=O)c1. The molecule has 3 aliphatic heterocycles. The van der Waals surface area contributed by atoms with E-state index in [-0.39, 0.29) is 22.1 Å². The first-order chi connectivity index (χ1) is 15.3. The number of nitrogens with two attached hydrogens (primary N) is 1. The number of phenols is 1. The Morgan fingerprint density at radius 2 is 1.72 bits per heavy atom. The van der Waals surface area contributed by atoms with E-state index >= 15 is 0 Å². The van der Waals surface area contributed by atoms with E-state index in [1.54, 1.807) is 24.3 Å². The first kappa shape index (κ1) is 20.3. The number of anilines is 1. The van der Waals surface area contributed by atoms with E-state index < -0.39 is 34.9 Å². The Morgan fingerprint density at radius 3 is 2.38 bits per heavy atom. The lowest BCUT2D eigenvalue weighted by atomic mass is 9.77. The molecule has 164 valence electrons. The number of carbonyl (C=O) groups is 3. The van der Waals surface area contributed by atoms with Crippen LogP contribution in [0.5, 0.6) is 23.0 Å². The molecule has 0 saturated carbocycles. The highest BCUT2D eigenvalue weighted by Gasteiger charge is 2.58. The van der Waals surface area contributed by atoms with Gasteiger partial charge in [-0.3, -0.25) is 9.59 Å². The molecule has 2 aromatic rings. The molecule has 3 N–H and O–H groups in total. The van der Waals surface area contributed by atoms with Gasteiger partial charge in [-0.05, 0) is 6.07 Å². The van der Waals surface area contributed by atoms with Crippen LogP contribution in [0.4, 0.5) is 5.69 Å². The molecule has 1 fully saturated rings. The molecule has 3 aliphatic rings. The number of rotatable bonds is 3. The Labute approximate surface area is 186 Å². The molecule has 0 bridgehead atoms. The van der Waals surface area contributed by atoms with Crippen molar-refractivity contribution in [2.75, 3.05) is 19.1 Å². The average Bonchev–Trinajstić information content (AvgIpc) is 3.02. The normalized spacial score (nSPS) is 24.0. The highest BCUT2D eigenvalue weighted by molar-refractivity contribution is 8.04. The predicted molar refractivity (Wildman–Crippen MR) is 115 cm³/mol. The topological polar surface area (TPSA) is 128 Å². The van der Waals surface area contributed by atoms with Gasteiger partial charge in [-0.25, -0.2) is 9.69 Å². The molecule has 0 radical (unpaired) electrons. The number of fused-ring (bicyclic) bond motifs is 5. The molecular weight excluding hydrogens is 436 g/mol. The molecule has 2 amide bonds. The highest BCUT2D eigenvalue weighted by atomic mass is 32.2. The van der Waals surface area contributed by atoms with E-state index in [4.69, 9.17) is 19.9 Å². The van der Waals surface area contributed by atoms with Gasteiger partial charge in [0.25, 0.3) is 0 Å². The lowest BCUT2D eigenvalue weighted by Gasteiger charge is -2.36. The third-order valence-electron chi connectivity index (χ3n) is 5.83. The van der Waals surface area contributed by atoms with Gasteiger partial charge in [0.05, 0.1) is 36.4 Å². The number of carbonyl (C=O) groups excluding carboxylic acids is 3. The second kappa shape index (κ2) is 7.20. The van der Waals surface area contributed by atoms with Crippen LogP contribution in [0.2, 0.25) is 0 Å². The van der Waals surface area contributed by atoms with Crippen molar-refractivity contribution in [2.24, 2.45) is 11.7 Å². The summed E-state index contributed by atoms with van der Waals surface area (Å²) in [4.78, 5) is 40.8. The predicted octanol–water partition coefficient (Wildman–Crippen LogP) is 1.89. The summed E-state index contributed by atoms with van der Waals surface area (Å²) in [6.07, 6.45) is 0. The van der Waals surface area contributed by atoms with Gasteiger partial charge in [0.1, 0.15) is 28.2 Å². The number of imide groups is 1. The molecule has 32 heavy (non-hydrogen) atoms. The number of hydrogen-bond acceptors (Lipinski definition) is 9. The standard InChI is InChI=1S/C22H18N2O7S/c1-29-11-5-9(6-12(8-11)30-2)24-20(26)16-15-13-4-3-10(25)7-14(13)31-22(28)17(15)19(23)32-18(16)21(24)27/h3-8,15-16,18,25H,23H2,1-2H3/t15-,16+,18+/m1/s1. The van der Waals surface area contributed by atoms with Gasteiger partial charge in [-0.15, -0.1) is 0 Å². The average molecular weight is 454 g/mol. The molecule has 1 saturated heterocycles. The summed E-state index contributed by atoms with van der Waals surface area (Å²) in [6.45, 7) is 0. The van der Waals surface area contributed by atoms with Gasteiger partial charge in [-0.2, -0.15) is 0 Å². The van der Waals surface area contributed by atoms with E-state index in [0.29, 0.717) is 22.7 Å². The Bertz CT molecular complexity index is 1200. The Morgan fingerprint density at radius 1 is 1.03 bits per heavy atom. The fourth-order valence-electron chi connectivity index (χ4n) is 4.42. The first-order valence-corrected chi connectivity index (χ1v) is 10.5. The molecule has 0 aromatic heterocycles. The third-order valence-corrected chi connectivity index (χ3v) is 7.06. The molecule has 0 unspecified atom stereocenters. The van der Waals surface area contributed by atoms with E-state index in [0.717, 1.165) is 16.7 Å². The summed E-state index contributed by atoms with van der Waals surface area (Å²) in [5, 5.41) is 9.13. The number of phenolic OH excluding ortho intramolecular Hbond substituents is 1. The van der Waals surface area contributed by atoms with Crippen LogP contribution >= 0.6 is 11.8 Å². The van der Waals surface area contributed by atoms with Crippen LogP contribution in [0.3, 0.4) is 0 Å². The number of amides is 2. The number of hydrogen-bond donors (Lipinski definition) is 2. The zero-order valence-electron chi connectivity index (χ0n) is 17.0. The fraction of sp³-hybridized carbons (Fsp3) is 0.227. The molecule has 0 spiro atoms. The fourth-order valence-corrected chi connectivity index (χ4v) is 5.66. The van der Waals surface area contributed by atoms with Crippen molar-refractivity contribution in [2.45, 2.75) is 11.2 Å². The van der Waals surface area contributed by atoms with E-state index in [2.05, 4.69) is 0 Å². The highest BCUT2D eigenvalue weighted by Crippen LogP contribution is 2.55. The second-order valence-corrected chi connectivity index (χ2v) is 8.70. The Kier molecular flexibility index (Phi) is 4.55. The maximum absolute atomic E-state index is 13.6. The lowest BCUT2D eigenvalue weighted by molar-refractivity contribution is -0.131. The van der Waals surface area contributed by atoms with Gasteiger partial charge in [0.2, 0.25) is 11.8 Å². The van der Waals surface area contributed by atoms with Crippen LogP contribution in [0.15, 0.2) is 47.0 Å². The Balaban J connectivity index is 1.64. The van der Waals surface area contributed by atoms with E-state index in [1.165, 1.54) is 26.4 Å². The molecular formula is C22H18N2O7S. The zero-order chi connectivity index (χ0) is 22.7. The smallest absolute Gasteiger partial charge is 0.342 e. The second-order valence-electron chi connectivity index (χ2n) is 7.51. The summed E-state index contributed by atoms with van der Waals surface area (Å²) in [5.41, 5.74) is 7.15. The number of thioether (sulfide) groups is 1. The molecule has 5 rings (SSSR count). The minimum absolute atomic E-state index is 0.0855.